The third-order valence-electron chi connectivity index (χ3n) is 4.15. The number of hydrogen-bond acceptors (Lipinski definition) is 6. The fourth-order valence-electron chi connectivity index (χ4n) is 2.74. The lowest BCUT2D eigenvalue weighted by Gasteiger charge is -2.10. The van der Waals surface area contributed by atoms with Gasteiger partial charge in [-0.3, -0.25) is 4.79 Å². The fraction of sp³-hybridized carbons (Fsp3) is 0.200. The number of oxazole rings is 1. The number of carbonyl (C=O) groups excluding carboxylic acids is 1. The molecule has 0 aliphatic carbocycles. The number of methoxy groups -OCH3 is 1. The van der Waals surface area contributed by atoms with Gasteiger partial charge in [0.05, 0.1) is 18.4 Å². The van der Waals surface area contributed by atoms with E-state index in [1.165, 1.54) is 43.7 Å². The molecule has 28 heavy (non-hydrogen) atoms. The van der Waals surface area contributed by atoms with Crippen LogP contribution >= 0.6 is 0 Å². The number of aromatic nitrogens is 1. The van der Waals surface area contributed by atoms with Gasteiger partial charge in [-0.15, -0.1) is 0 Å². The SMILES string of the molecule is COC(=O)CCc1nc(-c2ccc(S(C)(=O)=O)c(-c3ccc(F)cc3)c2)co1. The number of carbonyl (C=O) groups is 1. The molecule has 0 fully saturated rings. The molecule has 0 N–H and O–H groups in total. The molecular weight excluding hydrogens is 385 g/mol. The van der Waals surface area contributed by atoms with Crippen molar-refractivity contribution >= 4 is 15.8 Å². The summed E-state index contributed by atoms with van der Waals surface area (Å²) in [6.45, 7) is 0. The number of benzene rings is 2. The van der Waals surface area contributed by atoms with E-state index >= 15 is 0 Å². The van der Waals surface area contributed by atoms with Gasteiger partial charge in [0.2, 0.25) is 0 Å². The Bertz CT molecular complexity index is 1100. The summed E-state index contributed by atoms with van der Waals surface area (Å²) in [5.41, 5.74) is 2.15. The van der Waals surface area contributed by atoms with Gasteiger partial charge in [0.15, 0.2) is 15.7 Å². The molecule has 0 radical (unpaired) electrons. The molecule has 0 aliphatic heterocycles. The second-order valence-corrected chi connectivity index (χ2v) is 8.18. The molecule has 0 aliphatic rings. The van der Waals surface area contributed by atoms with E-state index in [9.17, 15) is 17.6 Å². The number of sulfone groups is 1. The maximum atomic E-state index is 13.3. The topological polar surface area (TPSA) is 86.5 Å². The maximum absolute atomic E-state index is 13.3. The lowest BCUT2D eigenvalue weighted by Crippen LogP contribution is -2.02. The second-order valence-electron chi connectivity index (χ2n) is 6.19. The van der Waals surface area contributed by atoms with Crippen molar-refractivity contribution in [3.8, 4) is 22.4 Å². The van der Waals surface area contributed by atoms with Crippen molar-refractivity contribution in [1.82, 2.24) is 4.98 Å². The molecule has 8 heteroatoms. The molecule has 146 valence electrons. The Labute approximate surface area is 161 Å². The predicted molar refractivity (Wildman–Crippen MR) is 101 cm³/mol. The molecule has 0 bridgehead atoms. The van der Waals surface area contributed by atoms with E-state index in [0.717, 1.165) is 6.26 Å². The van der Waals surface area contributed by atoms with E-state index in [1.807, 2.05) is 0 Å². The van der Waals surface area contributed by atoms with Crippen LogP contribution in [0.15, 0.2) is 58.0 Å². The molecule has 2 aromatic carbocycles. The minimum absolute atomic E-state index is 0.136. The van der Waals surface area contributed by atoms with E-state index in [-0.39, 0.29) is 17.3 Å². The number of ether oxygens (including phenoxy) is 1. The second kappa shape index (κ2) is 7.93. The van der Waals surface area contributed by atoms with Crippen LogP contribution in [-0.2, 0) is 25.8 Å². The molecule has 3 aromatic rings. The normalized spacial score (nSPS) is 11.4. The number of nitrogens with zero attached hydrogens (tertiary/aromatic N) is 1. The molecule has 6 nitrogen and oxygen atoms in total. The van der Waals surface area contributed by atoms with Crippen LogP contribution in [0.2, 0.25) is 0 Å². The molecule has 1 aromatic heterocycles. The number of rotatable bonds is 6. The highest BCUT2D eigenvalue weighted by atomic mass is 32.2. The first kappa shape index (κ1) is 19.8. The standard InChI is InChI=1S/C20H18FNO5S/c1-26-20(23)10-9-19-22-17(12-27-19)14-5-8-18(28(2,24)25)16(11-14)13-3-6-15(21)7-4-13/h3-8,11-12H,9-10H2,1-2H3. The van der Waals surface area contributed by atoms with Gasteiger partial charge in [0.1, 0.15) is 17.8 Å². The van der Waals surface area contributed by atoms with Crippen LogP contribution in [0.25, 0.3) is 22.4 Å². The summed E-state index contributed by atoms with van der Waals surface area (Å²) in [7, 11) is -2.19. The van der Waals surface area contributed by atoms with Crippen molar-refractivity contribution in [1.29, 1.82) is 0 Å². The van der Waals surface area contributed by atoms with Crippen LogP contribution in [0.4, 0.5) is 4.39 Å². The molecule has 0 unspecified atom stereocenters. The molecule has 0 spiro atoms. The Morgan fingerprint density at radius 2 is 1.82 bits per heavy atom. The lowest BCUT2D eigenvalue weighted by atomic mass is 10.0. The molecule has 0 amide bonds. The van der Waals surface area contributed by atoms with Gasteiger partial charge < -0.3 is 9.15 Å². The van der Waals surface area contributed by atoms with E-state index in [1.54, 1.807) is 12.1 Å². The quantitative estimate of drug-likeness (QED) is 0.584. The molecule has 3 rings (SSSR count). The van der Waals surface area contributed by atoms with Gasteiger partial charge in [-0.05, 0) is 29.8 Å². The molecule has 1 heterocycles. The third-order valence-corrected chi connectivity index (χ3v) is 5.31. The monoisotopic (exact) mass is 403 g/mol. The minimum Gasteiger partial charge on any atom is -0.469 e. The van der Waals surface area contributed by atoms with Crippen LogP contribution in [0.1, 0.15) is 12.3 Å². The number of aryl methyl sites for hydroxylation is 1. The summed E-state index contributed by atoms with van der Waals surface area (Å²) in [5.74, 6) is -0.403. The molecule has 0 saturated carbocycles. The number of hydrogen-bond donors (Lipinski definition) is 0. The van der Waals surface area contributed by atoms with Crippen molar-refractivity contribution < 1.29 is 26.8 Å². The van der Waals surface area contributed by atoms with E-state index in [4.69, 9.17) is 4.42 Å². The Morgan fingerprint density at radius 1 is 1.14 bits per heavy atom. The van der Waals surface area contributed by atoms with Gasteiger partial charge in [0.25, 0.3) is 0 Å². The Balaban J connectivity index is 2.00. The first-order chi connectivity index (χ1) is 13.3. The van der Waals surface area contributed by atoms with Crippen molar-refractivity contribution in [3.05, 3.63) is 60.4 Å². The lowest BCUT2D eigenvalue weighted by molar-refractivity contribution is -0.140. The first-order valence-corrected chi connectivity index (χ1v) is 10.3. The van der Waals surface area contributed by atoms with Crippen LogP contribution in [0, 0.1) is 5.82 Å². The van der Waals surface area contributed by atoms with Gasteiger partial charge in [0, 0.05) is 23.8 Å². The van der Waals surface area contributed by atoms with E-state index < -0.39 is 15.7 Å². The predicted octanol–water partition coefficient (Wildman–Crippen LogP) is 3.66. The summed E-state index contributed by atoms with van der Waals surface area (Å²) in [5, 5.41) is 0. The van der Waals surface area contributed by atoms with Crippen molar-refractivity contribution in [2.45, 2.75) is 17.7 Å². The Hall–Kier alpha value is -3.00. The highest BCUT2D eigenvalue weighted by molar-refractivity contribution is 7.90. The van der Waals surface area contributed by atoms with Crippen LogP contribution in [0.3, 0.4) is 0 Å². The smallest absolute Gasteiger partial charge is 0.306 e. The van der Waals surface area contributed by atoms with E-state index in [0.29, 0.717) is 34.7 Å². The van der Waals surface area contributed by atoms with Crippen molar-refractivity contribution in [3.63, 3.8) is 0 Å². The zero-order valence-electron chi connectivity index (χ0n) is 15.3. The highest BCUT2D eigenvalue weighted by Crippen LogP contribution is 2.32. The summed E-state index contributed by atoms with van der Waals surface area (Å²) < 4.78 is 47.6. The summed E-state index contributed by atoms with van der Waals surface area (Å²) in [4.78, 5) is 15.7. The van der Waals surface area contributed by atoms with Gasteiger partial charge in [-0.2, -0.15) is 0 Å². The average Bonchev–Trinajstić information content (AvgIpc) is 3.14. The van der Waals surface area contributed by atoms with Gasteiger partial charge >= 0.3 is 5.97 Å². The third kappa shape index (κ3) is 4.45. The minimum atomic E-state index is -3.50. The summed E-state index contributed by atoms with van der Waals surface area (Å²) in [6.07, 6.45) is 3.00. The van der Waals surface area contributed by atoms with Crippen LogP contribution in [-0.4, -0.2) is 32.7 Å². The number of esters is 1. The molecule has 0 saturated heterocycles. The Morgan fingerprint density at radius 3 is 2.46 bits per heavy atom. The fourth-order valence-corrected chi connectivity index (χ4v) is 3.63. The largest absolute Gasteiger partial charge is 0.469 e. The maximum Gasteiger partial charge on any atom is 0.306 e. The van der Waals surface area contributed by atoms with E-state index in [2.05, 4.69) is 9.72 Å². The van der Waals surface area contributed by atoms with Gasteiger partial charge in [-0.25, -0.2) is 17.8 Å². The zero-order valence-corrected chi connectivity index (χ0v) is 16.1. The zero-order chi connectivity index (χ0) is 20.3. The highest BCUT2D eigenvalue weighted by Gasteiger charge is 2.17. The molecular formula is C20H18FNO5S. The first-order valence-electron chi connectivity index (χ1n) is 8.39. The van der Waals surface area contributed by atoms with Crippen molar-refractivity contribution in [2.75, 3.05) is 13.4 Å². The van der Waals surface area contributed by atoms with Crippen LogP contribution < -0.4 is 0 Å². The molecule has 0 atom stereocenters. The summed E-state index contributed by atoms with van der Waals surface area (Å²) in [6, 6.07) is 10.4. The Kier molecular flexibility index (Phi) is 5.60. The average molecular weight is 403 g/mol. The van der Waals surface area contributed by atoms with Gasteiger partial charge in [-0.1, -0.05) is 18.2 Å². The number of halogens is 1. The van der Waals surface area contributed by atoms with Crippen LogP contribution in [0.5, 0.6) is 0 Å². The van der Waals surface area contributed by atoms with Crippen molar-refractivity contribution in [2.24, 2.45) is 0 Å². The summed E-state index contributed by atoms with van der Waals surface area (Å²) >= 11 is 0.